The Bertz CT molecular complexity index is 732. The highest BCUT2D eigenvalue weighted by Crippen LogP contribution is 2.33. The third-order valence-electron chi connectivity index (χ3n) is 3.99. The van der Waals surface area contributed by atoms with Gasteiger partial charge in [0, 0.05) is 12.5 Å². The van der Waals surface area contributed by atoms with Crippen LogP contribution in [-0.4, -0.2) is 23.1 Å². The number of imidazole rings is 1. The molecule has 0 spiro atoms. The fourth-order valence-electron chi connectivity index (χ4n) is 2.88. The molecule has 2 heterocycles. The fourth-order valence-corrected chi connectivity index (χ4v) is 2.88. The number of fused-ring (bicyclic) bond motifs is 2. The van der Waals surface area contributed by atoms with Crippen molar-refractivity contribution >= 4 is 17.0 Å². The summed E-state index contributed by atoms with van der Waals surface area (Å²) < 4.78 is 5.70. The Kier molecular flexibility index (Phi) is 2.99. The molecule has 0 aliphatic carbocycles. The molecule has 1 unspecified atom stereocenters. The van der Waals surface area contributed by atoms with Crippen molar-refractivity contribution in [2.24, 2.45) is 0 Å². The molecule has 0 bridgehead atoms. The van der Waals surface area contributed by atoms with Crippen molar-refractivity contribution in [1.82, 2.24) is 9.97 Å². The fraction of sp³-hybridized carbons (Fsp3) is 0.235. The van der Waals surface area contributed by atoms with E-state index < -0.39 is 0 Å². The summed E-state index contributed by atoms with van der Waals surface area (Å²) in [6.45, 7) is 1.64. The molecule has 4 heteroatoms. The van der Waals surface area contributed by atoms with Crippen LogP contribution in [0.15, 0.2) is 48.5 Å². The predicted molar refractivity (Wildman–Crippen MR) is 83.9 cm³/mol. The van der Waals surface area contributed by atoms with Crippen LogP contribution in [-0.2, 0) is 0 Å². The molecule has 2 N–H and O–H groups in total. The second-order valence-corrected chi connectivity index (χ2v) is 5.36. The number of H-pyrrole nitrogens is 1. The minimum Gasteiger partial charge on any atom is -0.493 e. The topological polar surface area (TPSA) is 49.9 Å². The van der Waals surface area contributed by atoms with Crippen LogP contribution >= 0.6 is 0 Å². The van der Waals surface area contributed by atoms with Gasteiger partial charge in [-0.15, -0.1) is 0 Å². The Morgan fingerprint density at radius 1 is 1.14 bits per heavy atom. The molecule has 0 fully saturated rings. The molecule has 0 saturated carbocycles. The molecule has 0 amide bonds. The van der Waals surface area contributed by atoms with Gasteiger partial charge in [-0.1, -0.05) is 30.3 Å². The van der Waals surface area contributed by atoms with Gasteiger partial charge in [0.2, 0.25) is 5.95 Å². The summed E-state index contributed by atoms with van der Waals surface area (Å²) in [6, 6.07) is 16.4. The van der Waals surface area contributed by atoms with E-state index in [2.05, 4.69) is 27.4 Å². The van der Waals surface area contributed by atoms with Crippen LogP contribution in [0.1, 0.15) is 17.9 Å². The first kappa shape index (κ1) is 12.3. The van der Waals surface area contributed by atoms with Gasteiger partial charge < -0.3 is 15.0 Å². The standard InChI is InChI=1S/C17H17N3O/c1-4-8-16-13(5-1)12(9-10-21-16)11-18-17-19-14-6-2-3-7-15(14)20-17/h1-8,12H,9-11H2,(H2,18,19,20). The van der Waals surface area contributed by atoms with Gasteiger partial charge in [0.1, 0.15) is 5.75 Å². The highest BCUT2D eigenvalue weighted by molar-refractivity contribution is 5.77. The Balaban J connectivity index is 1.52. The molecule has 4 nitrogen and oxygen atoms in total. The maximum absolute atomic E-state index is 5.70. The third-order valence-corrected chi connectivity index (χ3v) is 3.99. The summed E-state index contributed by atoms with van der Waals surface area (Å²) in [5.41, 5.74) is 3.34. The maximum atomic E-state index is 5.70. The van der Waals surface area contributed by atoms with Crippen LogP contribution in [0.25, 0.3) is 11.0 Å². The highest BCUT2D eigenvalue weighted by atomic mass is 16.5. The van der Waals surface area contributed by atoms with Crippen molar-refractivity contribution in [2.45, 2.75) is 12.3 Å². The molecule has 3 aromatic rings. The van der Waals surface area contributed by atoms with Crippen molar-refractivity contribution in [3.05, 3.63) is 54.1 Å². The van der Waals surface area contributed by atoms with Crippen molar-refractivity contribution < 1.29 is 4.74 Å². The number of para-hydroxylation sites is 3. The van der Waals surface area contributed by atoms with Gasteiger partial charge in [-0.3, -0.25) is 0 Å². The lowest BCUT2D eigenvalue weighted by atomic mass is 9.93. The number of hydrogen-bond acceptors (Lipinski definition) is 3. The molecule has 4 rings (SSSR count). The second-order valence-electron chi connectivity index (χ2n) is 5.36. The van der Waals surface area contributed by atoms with Gasteiger partial charge in [0.05, 0.1) is 17.6 Å². The van der Waals surface area contributed by atoms with E-state index >= 15 is 0 Å². The lowest BCUT2D eigenvalue weighted by Gasteiger charge is -2.25. The Labute approximate surface area is 123 Å². The minimum atomic E-state index is 0.461. The molecular formula is C17H17N3O. The number of anilines is 1. The van der Waals surface area contributed by atoms with Crippen LogP contribution in [0.3, 0.4) is 0 Å². The zero-order valence-electron chi connectivity index (χ0n) is 11.7. The first-order chi connectivity index (χ1) is 10.4. The number of ether oxygens (including phenoxy) is 1. The average molecular weight is 279 g/mol. The van der Waals surface area contributed by atoms with E-state index in [0.717, 1.165) is 42.3 Å². The minimum absolute atomic E-state index is 0.461. The van der Waals surface area contributed by atoms with Crippen LogP contribution < -0.4 is 10.1 Å². The molecule has 21 heavy (non-hydrogen) atoms. The predicted octanol–water partition coefficient (Wildman–Crippen LogP) is 3.54. The summed E-state index contributed by atoms with van der Waals surface area (Å²) >= 11 is 0. The normalized spacial score (nSPS) is 17.2. The van der Waals surface area contributed by atoms with Crippen LogP contribution in [0.4, 0.5) is 5.95 Å². The van der Waals surface area contributed by atoms with Gasteiger partial charge in [-0.25, -0.2) is 4.98 Å². The molecule has 0 saturated heterocycles. The number of benzene rings is 2. The van der Waals surface area contributed by atoms with Crippen molar-refractivity contribution in [2.75, 3.05) is 18.5 Å². The zero-order chi connectivity index (χ0) is 14.1. The van der Waals surface area contributed by atoms with Crippen molar-refractivity contribution in [1.29, 1.82) is 0 Å². The Morgan fingerprint density at radius 3 is 2.95 bits per heavy atom. The maximum Gasteiger partial charge on any atom is 0.201 e. The van der Waals surface area contributed by atoms with E-state index in [4.69, 9.17) is 4.74 Å². The quantitative estimate of drug-likeness (QED) is 0.771. The van der Waals surface area contributed by atoms with E-state index in [-0.39, 0.29) is 0 Å². The molecular weight excluding hydrogens is 262 g/mol. The summed E-state index contributed by atoms with van der Waals surface area (Å²) in [6.07, 6.45) is 1.03. The monoisotopic (exact) mass is 279 g/mol. The largest absolute Gasteiger partial charge is 0.493 e. The van der Waals surface area contributed by atoms with Crippen LogP contribution in [0.5, 0.6) is 5.75 Å². The van der Waals surface area contributed by atoms with Crippen LogP contribution in [0.2, 0.25) is 0 Å². The summed E-state index contributed by atoms with van der Waals surface area (Å²) in [5, 5.41) is 3.42. The van der Waals surface area contributed by atoms with Crippen molar-refractivity contribution in [3.8, 4) is 5.75 Å². The molecule has 1 aromatic heterocycles. The third kappa shape index (κ3) is 2.33. The van der Waals surface area contributed by atoms with Crippen molar-refractivity contribution in [3.63, 3.8) is 0 Å². The summed E-state index contributed by atoms with van der Waals surface area (Å²) in [4.78, 5) is 7.86. The molecule has 0 radical (unpaired) electrons. The van der Waals surface area contributed by atoms with Gasteiger partial charge in [-0.05, 0) is 30.2 Å². The number of aromatic nitrogens is 2. The average Bonchev–Trinajstić information content (AvgIpc) is 2.96. The first-order valence-electron chi connectivity index (χ1n) is 7.30. The van der Waals surface area contributed by atoms with Crippen LogP contribution in [0, 0.1) is 0 Å². The smallest absolute Gasteiger partial charge is 0.201 e. The molecule has 1 aliphatic heterocycles. The summed E-state index contributed by atoms with van der Waals surface area (Å²) in [5.74, 6) is 2.31. The van der Waals surface area contributed by atoms with Gasteiger partial charge in [0.15, 0.2) is 0 Å². The van der Waals surface area contributed by atoms with Gasteiger partial charge in [-0.2, -0.15) is 0 Å². The van der Waals surface area contributed by atoms with Gasteiger partial charge >= 0.3 is 0 Å². The molecule has 1 aliphatic rings. The Morgan fingerprint density at radius 2 is 2.00 bits per heavy atom. The van der Waals surface area contributed by atoms with E-state index in [1.165, 1.54) is 5.56 Å². The summed E-state index contributed by atoms with van der Waals surface area (Å²) in [7, 11) is 0. The first-order valence-corrected chi connectivity index (χ1v) is 7.30. The number of nitrogens with one attached hydrogen (secondary N) is 2. The number of aromatic amines is 1. The van der Waals surface area contributed by atoms with E-state index in [0.29, 0.717) is 5.92 Å². The van der Waals surface area contributed by atoms with E-state index in [9.17, 15) is 0 Å². The zero-order valence-corrected chi connectivity index (χ0v) is 11.7. The second kappa shape index (κ2) is 5.13. The lowest BCUT2D eigenvalue weighted by molar-refractivity contribution is 0.270. The lowest BCUT2D eigenvalue weighted by Crippen LogP contribution is -2.21. The van der Waals surface area contributed by atoms with E-state index in [1.54, 1.807) is 0 Å². The molecule has 106 valence electrons. The SMILES string of the molecule is c1ccc2c(c1)OCCC2CNc1nc2ccccc2[nH]1. The van der Waals surface area contributed by atoms with E-state index in [1.807, 2.05) is 36.4 Å². The highest BCUT2D eigenvalue weighted by Gasteiger charge is 2.20. The number of nitrogens with zero attached hydrogens (tertiary/aromatic N) is 1. The molecule has 2 aromatic carbocycles. The van der Waals surface area contributed by atoms with Gasteiger partial charge in [0.25, 0.3) is 0 Å². The Hall–Kier alpha value is -2.49. The molecule has 1 atom stereocenters. The number of rotatable bonds is 3. The number of hydrogen-bond donors (Lipinski definition) is 2.